The Kier molecular flexibility index (Phi) is 7.55. The maximum absolute atomic E-state index is 12.6. The quantitative estimate of drug-likeness (QED) is 0.308. The smallest absolute Gasteiger partial charge is 0.273 e. The lowest BCUT2D eigenvalue weighted by Crippen LogP contribution is -2.48. The maximum Gasteiger partial charge on any atom is 0.273 e. The van der Waals surface area contributed by atoms with Crippen molar-refractivity contribution in [3.05, 3.63) is 99.6 Å². The number of nitrogens with zero attached hydrogens (tertiary/aromatic N) is 3. The Bertz CT molecular complexity index is 1290. The molecule has 0 saturated carbocycles. The van der Waals surface area contributed by atoms with E-state index in [4.69, 9.17) is 12.2 Å². The monoisotopic (exact) mass is 503 g/mol. The predicted octanol–water partition coefficient (Wildman–Crippen LogP) is 3.99. The molecule has 0 bridgehead atoms. The fourth-order valence-electron chi connectivity index (χ4n) is 4.09. The molecule has 1 aliphatic rings. The first-order valence-corrected chi connectivity index (χ1v) is 11.8. The molecular formula is C26H25N5O4S. The van der Waals surface area contributed by atoms with Crippen molar-refractivity contribution in [3.8, 4) is 0 Å². The Hall–Kier alpha value is -4.31. The summed E-state index contributed by atoms with van der Waals surface area (Å²) in [5.74, 6) is -0.473. The molecule has 1 aliphatic heterocycles. The fraction of sp³-hybridized carbons (Fsp3) is 0.192. The first-order valence-electron chi connectivity index (χ1n) is 11.4. The average Bonchev–Trinajstić information content (AvgIpc) is 2.89. The zero-order valence-corrected chi connectivity index (χ0v) is 20.5. The molecule has 2 amide bonds. The predicted molar refractivity (Wildman–Crippen MR) is 143 cm³/mol. The molecule has 4 rings (SSSR count). The maximum atomic E-state index is 12.6. The summed E-state index contributed by atoms with van der Waals surface area (Å²) in [4.78, 5) is 39.9. The van der Waals surface area contributed by atoms with Gasteiger partial charge in [0.1, 0.15) is 0 Å². The number of benzene rings is 3. The van der Waals surface area contributed by atoms with E-state index in [1.54, 1.807) is 0 Å². The molecule has 3 aromatic carbocycles. The van der Waals surface area contributed by atoms with E-state index in [1.807, 2.05) is 59.5 Å². The molecule has 1 heterocycles. The van der Waals surface area contributed by atoms with Crippen LogP contribution in [-0.2, 0) is 0 Å². The summed E-state index contributed by atoms with van der Waals surface area (Å²) in [6.45, 7) is 4.26. The first kappa shape index (κ1) is 24.8. The van der Waals surface area contributed by atoms with E-state index in [0.29, 0.717) is 24.3 Å². The molecule has 0 aliphatic carbocycles. The SMILES string of the molecule is Cc1c(C(=O)NC(=S)Nc2ccc(N3CCN(C(=O)c4ccccc4)CC3)cc2)cccc1[N+](=O)[O-]. The van der Waals surface area contributed by atoms with Gasteiger partial charge in [0.2, 0.25) is 0 Å². The number of nitrogens with one attached hydrogen (secondary N) is 2. The van der Waals surface area contributed by atoms with Gasteiger partial charge in [-0.15, -0.1) is 0 Å². The van der Waals surface area contributed by atoms with Crippen molar-refractivity contribution in [1.82, 2.24) is 10.2 Å². The van der Waals surface area contributed by atoms with E-state index in [1.165, 1.54) is 25.1 Å². The van der Waals surface area contributed by atoms with Crippen LogP contribution >= 0.6 is 12.2 Å². The van der Waals surface area contributed by atoms with Gasteiger partial charge in [-0.3, -0.25) is 25.0 Å². The largest absolute Gasteiger partial charge is 0.368 e. The van der Waals surface area contributed by atoms with Crippen LogP contribution in [0.25, 0.3) is 0 Å². The minimum absolute atomic E-state index is 0.0469. The number of hydrogen-bond donors (Lipinski definition) is 2. The van der Waals surface area contributed by atoms with Gasteiger partial charge in [-0.25, -0.2) is 0 Å². The highest BCUT2D eigenvalue weighted by molar-refractivity contribution is 7.80. The molecule has 2 N–H and O–H groups in total. The Labute approximate surface area is 213 Å². The molecule has 0 spiro atoms. The van der Waals surface area contributed by atoms with Crippen LogP contribution in [0.1, 0.15) is 26.3 Å². The van der Waals surface area contributed by atoms with Crippen LogP contribution in [0, 0.1) is 17.0 Å². The molecule has 0 aromatic heterocycles. The van der Waals surface area contributed by atoms with Crippen molar-refractivity contribution in [2.75, 3.05) is 36.4 Å². The van der Waals surface area contributed by atoms with Gasteiger partial charge in [-0.1, -0.05) is 24.3 Å². The van der Waals surface area contributed by atoms with Crippen molar-refractivity contribution in [2.45, 2.75) is 6.92 Å². The summed E-state index contributed by atoms with van der Waals surface area (Å²) in [5, 5.41) is 16.7. The molecule has 0 unspecified atom stereocenters. The lowest BCUT2D eigenvalue weighted by molar-refractivity contribution is -0.385. The van der Waals surface area contributed by atoms with Gasteiger partial charge in [0.25, 0.3) is 17.5 Å². The first-order chi connectivity index (χ1) is 17.3. The van der Waals surface area contributed by atoms with Crippen molar-refractivity contribution in [3.63, 3.8) is 0 Å². The molecule has 10 heteroatoms. The van der Waals surface area contributed by atoms with E-state index in [2.05, 4.69) is 15.5 Å². The highest BCUT2D eigenvalue weighted by Crippen LogP contribution is 2.22. The third-order valence-electron chi connectivity index (χ3n) is 6.05. The second-order valence-electron chi connectivity index (χ2n) is 8.31. The summed E-state index contributed by atoms with van der Waals surface area (Å²) in [5.41, 5.74) is 2.76. The molecule has 184 valence electrons. The molecule has 9 nitrogen and oxygen atoms in total. The van der Waals surface area contributed by atoms with Crippen LogP contribution in [0.4, 0.5) is 17.1 Å². The highest BCUT2D eigenvalue weighted by Gasteiger charge is 2.22. The number of anilines is 2. The number of amides is 2. The number of rotatable bonds is 5. The van der Waals surface area contributed by atoms with Crippen molar-refractivity contribution < 1.29 is 14.5 Å². The number of hydrogen-bond acceptors (Lipinski definition) is 6. The minimum atomic E-state index is -0.523. The van der Waals surface area contributed by atoms with Gasteiger partial charge in [-0.2, -0.15) is 0 Å². The third-order valence-corrected chi connectivity index (χ3v) is 6.26. The normalized spacial score (nSPS) is 13.1. The summed E-state index contributed by atoms with van der Waals surface area (Å²) in [6.07, 6.45) is 0. The van der Waals surface area contributed by atoms with E-state index >= 15 is 0 Å². The number of carbonyl (C=O) groups is 2. The van der Waals surface area contributed by atoms with E-state index in [9.17, 15) is 19.7 Å². The molecule has 1 fully saturated rings. The Morgan fingerprint density at radius 3 is 2.22 bits per heavy atom. The Morgan fingerprint density at radius 1 is 0.917 bits per heavy atom. The van der Waals surface area contributed by atoms with Crippen molar-refractivity contribution >= 4 is 46.2 Å². The number of thiocarbonyl (C=S) groups is 1. The Balaban J connectivity index is 1.30. The summed E-state index contributed by atoms with van der Waals surface area (Å²) >= 11 is 5.25. The van der Waals surface area contributed by atoms with E-state index < -0.39 is 10.8 Å². The zero-order valence-electron chi connectivity index (χ0n) is 19.6. The summed E-state index contributed by atoms with van der Waals surface area (Å²) in [7, 11) is 0. The third kappa shape index (κ3) is 5.66. The topological polar surface area (TPSA) is 108 Å². The number of carbonyl (C=O) groups excluding carboxylic acids is 2. The molecule has 3 aromatic rings. The van der Waals surface area contributed by atoms with Crippen LogP contribution in [0.3, 0.4) is 0 Å². The molecule has 0 radical (unpaired) electrons. The van der Waals surface area contributed by atoms with Crippen molar-refractivity contribution in [2.24, 2.45) is 0 Å². The Morgan fingerprint density at radius 2 is 1.58 bits per heavy atom. The standard InChI is InChI=1S/C26H25N5O4S/c1-18-22(8-5-9-23(18)31(34)35)24(32)28-26(36)27-20-10-12-21(13-11-20)29-14-16-30(17-15-29)25(33)19-6-3-2-4-7-19/h2-13H,14-17H2,1H3,(H2,27,28,32,36). The van der Waals surface area contributed by atoms with Crippen LogP contribution in [0.15, 0.2) is 72.8 Å². The lowest BCUT2D eigenvalue weighted by Gasteiger charge is -2.36. The van der Waals surface area contributed by atoms with Gasteiger partial charge in [0, 0.05) is 60.3 Å². The van der Waals surface area contributed by atoms with E-state index in [0.717, 1.165) is 18.8 Å². The minimum Gasteiger partial charge on any atom is -0.368 e. The van der Waals surface area contributed by atoms with Gasteiger partial charge in [0.05, 0.1) is 4.92 Å². The van der Waals surface area contributed by atoms with Crippen LogP contribution in [-0.4, -0.2) is 52.9 Å². The number of nitro benzene ring substituents is 1. The van der Waals surface area contributed by atoms with Gasteiger partial charge in [-0.05, 0) is 61.6 Å². The fourth-order valence-corrected chi connectivity index (χ4v) is 4.30. The lowest BCUT2D eigenvalue weighted by atomic mass is 10.1. The highest BCUT2D eigenvalue weighted by atomic mass is 32.1. The van der Waals surface area contributed by atoms with Gasteiger partial charge >= 0.3 is 0 Å². The zero-order chi connectivity index (χ0) is 25.7. The van der Waals surface area contributed by atoms with Gasteiger partial charge < -0.3 is 15.1 Å². The number of nitro groups is 1. The molecular weight excluding hydrogens is 478 g/mol. The number of piperazine rings is 1. The molecule has 0 atom stereocenters. The van der Waals surface area contributed by atoms with Gasteiger partial charge in [0.15, 0.2) is 5.11 Å². The summed E-state index contributed by atoms with van der Waals surface area (Å²) in [6, 6.07) is 21.2. The average molecular weight is 504 g/mol. The van der Waals surface area contributed by atoms with Crippen LogP contribution < -0.4 is 15.5 Å². The second kappa shape index (κ2) is 11.0. The van der Waals surface area contributed by atoms with Crippen LogP contribution in [0.2, 0.25) is 0 Å². The second-order valence-corrected chi connectivity index (χ2v) is 8.72. The van der Waals surface area contributed by atoms with Crippen molar-refractivity contribution in [1.29, 1.82) is 0 Å². The molecule has 1 saturated heterocycles. The van der Waals surface area contributed by atoms with Crippen LogP contribution in [0.5, 0.6) is 0 Å². The molecule has 36 heavy (non-hydrogen) atoms. The summed E-state index contributed by atoms with van der Waals surface area (Å²) < 4.78 is 0. The van der Waals surface area contributed by atoms with E-state index in [-0.39, 0.29) is 27.8 Å².